The van der Waals surface area contributed by atoms with Crippen molar-refractivity contribution in [2.24, 2.45) is 0 Å². The first-order valence-electron chi connectivity index (χ1n) is 6.47. The zero-order valence-electron chi connectivity index (χ0n) is 12.0. The van der Waals surface area contributed by atoms with Gasteiger partial charge in [0.2, 0.25) is 0 Å². The average molecular weight is 288 g/mol. The summed E-state index contributed by atoms with van der Waals surface area (Å²) < 4.78 is 13.0. The molecule has 2 rings (SSSR count). The Kier molecular flexibility index (Phi) is 4.66. The molecule has 0 spiro atoms. The number of hydroxylamine groups is 2. The van der Waals surface area contributed by atoms with Gasteiger partial charge >= 0.3 is 0 Å². The Hall–Kier alpha value is -0.640. The van der Waals surface area contributed by atoms with Crippen LogP contribution in [0, 0.1) is 5.82 Å². The first-order valence-corrected chi connectivity index (χ1v) is 6.47. The maximum absolute atomic E-state index is 13.0. The fraction of sp³-hybridized carbons (Fsp3) is 0.600. The molecule has 1 aromatic rings. The van der Waals surface area contributed by atoms with Gasteiger partial charge in [0.25, 0.3) is 0 Å². The zero-order valence-corrected chi connectivity index (χ0v) is 12.8. The molecule has 0 radical (unpaired) electrons. The van der Waals surface area contributed by atoms with E-state index in [9.17, 15) is 9.60 Å². The maximum atomic E-state index is 13.0. The van der Waals surface area contributed by atoms with Gasteiger partial charge in [-0.1, -0.05) is 12.1 Å². The van der Waals surface area contributed by atoms with Crippen molar-refractivity contribution in [2.75, 3.05) is 0 Å². The summed E-state index contributed by atoms with van der Waals surface area (Å²) in [7, 11) is 0. The van der Waals surface area contributed by atoms with E-state index in [2.05, 4.69) is 0 Å². The average Bonchev–Trinajstić information content (AvgIpc) is 2.26. The third-order valence-corrected chi connectivity index (χ3v) is 3.98. The topological polar surface area (TPSA) is 23.5 Å². The monoisotopic (exact) mass is 287 g/mol. The number of nitrogens with zero attached hydrogens (tertiary/aromatic N) is 1. The van der Waals surface area contributed by atoms with E-state index in [0.717, 1.165) is 18.4 Å². The van der Waals surface area contributed by atoms with Crippen LogP contribution >= 0.6 is 12.4 Å². The first-order chi connectivity index (χ1) is 8.22. The van der Waals surface area contributed by atoms with E-state index < -0.39 is 0 Å². The molecule has 1 N–H and O–H groups in total. The van der Waals surface area contributed by atoms with Crippen LogP contribution in [-0.4, -0.2) is 21.3 Å². The van der Waals surface area contributed by atoms with Crippen LogP contribution in [0.25, 0.3) is 0 Å². The molecule has 4 heteroatoms. The van der Waals surface area contributed by atoms with Crippen LogP contribution in [0.3, 0.4) is 0 Å². The van der Waals surface area contributed by atoms with Crippen molar-refractivity contribution < 1.29 is 9.60 Å². The lowest BCUT2D eigenvalue weighted by Gasteiger charge is -2.51. The Morgan fingerprint density at radius 2 is 1.47 bits per heavy atom. The highest BCUT2D eigenvalue weighted by molar-refractivity contribution is 5.85. The molecule has 2 nitrogen and oxygen atoms in total. The number of benzene rings is 1. The highest BCUT2D eigenvalue weighted by Gasteiger charge is 2.45. The SMILES string of the molecule is CC1(C)CC(c2ccc(F)cc2)CC(C)(C)N1O.Cl. The summed E-state index contributed by atoms with van der Waals surface area (Å²) in [6.45, 7) is 8.18. The van der Waals surface area contributed by atoms with Gasteiger partial charge in [0.05, 0.1) is 0 Å². The van der Waals surface area contributed by atoms with Gasteiger partial charge in [-0.05, 0) is 64.2 Å². The molecular formula is C15H23ClFNO. The fourth-order valence-electron chi connectivity index (χ4n) is 3.24. The summed E-state index contributed by atoms with van der Waals surface area (Å²) in [6.07, 6.45) is 1.75. The lowest BCUT2D eigenvalue weighted by atomic mass is 9.73. The second-order valence-corrected chi connectivity index (χ2v) is 6.59. The predicted molar refractivity (Wildman–Crippen MR) is 77.4 cm³/mol. The number of piperidine rings is 1. The van der Waals surface area contributed by atoms with Gasteiger partial charge < -0.3 is 5.21 Å². The molecule has 0 saturated carbocycles. The molecule has 0 aliphatic carbocycles. The van der Waals surface area contributed by atoms with Crippen molar-refractivity contribution >= 4 is 12.4 Å². The summed E-state index contributed by atoms with van der Waals surface area (Å²) in [5, 5.41) is 11.7. The largest absolute Gasteiger partial charge is 0.313 e. The third kappa shape index (κ3) is 3.28. The van der Waals surface area contributed by atoms with Crippen LogP contribution in [0.15, 0.2) is 24.3 Å². The number of hydrogen-bond acceptors (Lipinski definition) is 2. The maximum Gasteiger partial charge on any atom is 0.123 e. The van der Waals surface area contributed by atoms with E-state index in [4.69, 9.17) is 0 Å². The molecule has 108 valence electrons. The van der Waals surface area contributed by atoms with Crippen molar-refractivity contribution in [2.45, 2.75) is 57.5 Å². The Balaban J connectivity index is 0.00000180. The van der Waals surface area contributed by atoms with E-state index in [1.165, 1.54) is 17.2 Å². The van der Waals surface area contributed by atoms with E-state index >= 15 is 0 Å². The van der Waals surface area contributed by atoms with E-state index in [1.807, 2.05) is 39.8 Å². The summed E-state index contributed by atoms with van der Waals surface area (Å²) in [5.74, 6) is 0.163. The second-order valence-electron chi connectivity index (χ2n) is 6.59. The molecule has 1 heterocycles. The molecule has 1 aliphatic rings. The van der Waals surface area contributed by atoms with Crippen LogP contribution in [-0.2, 0) is 0 Å². The minimum atomic E-state index is -0.263. The first kappa shape index (κ1) is 16.4. The molecule has 0 bridgehead atoms. The van der Waals surface area contributed by atoms with Crippen molar-refractivity contribution in [3.63, 3.8) is 0 Å². The van der Waals surface area contributed by atoms with Gasteiger partial charge in [-0.15, -0.1) is 12.4 Å². The number of halogens is 2. The molecule has 0 unspecified atom stereocenters. The fourth-order valence-corrected chi connectivity index (χ4v) is 3.24. The van der Waals surface area contributed by atoms with Gasteiger partial charge in [-0.25, -0.2) is 4.39 Å². The van der Waals surface area contributed by atoms with Crippen LogP contribution in [0.5, 0.6) is 0 Å². The molecule has 1 fully saturated rings. The highest BCUT2D eigenvalue weighted by atomic mass is 35.5. The van der Waals surface area contributed by atoms with E-state index in [-0.39, 0.29) is 29.3 Å². The lowest BCUT2D eigenvalue weighted by Crippen LogP contribution is -2.58. The summed E-state index contributed by atoms with van der Waals surface area (Å²) >= 11 is 0. The quantitative estimate of drug-likeness (QED) is 0.829. The van der Waals surface area contributed by atoms with Gasteiger partial charge in [0.1, 0.15) is 5.82 Å². The third-order valence-electron chi connectivity index (χ3n) is 3.98. The lowest BCUT2D eigenvalue weighted by molar-refractivity contribution is -0.245. The van der Waals surface area contributed by atoms with Gasteiger partial charge in [0, 0.05) is 11.1 Å². The van der Waals surface area contributed by atoms with Crippen molar-refractivity contribution in [3.8, 4) is 0 Å². The number of rotatable bonds is 1. The van der Waals surface area contributed by atoms with Crippen LogP contribution < -0.4 is 0 Å². The standard InChI is InChI=1S/C15H22FNO.ClH/c1-14(2)9-12(10-15(3,4)17(14)18)11-5-7-13(16)8-6-11;/h5-8,12,18H,9-10H2,1-4H3;1H. The smallest absolute Gasteiger partial charge is 0.123 e. The summed E-state index contributed by atoms with van der Waals surface area (Å²) in [6, 6.07) is 6.75. The second kappa shape index (κ2) is 5.39. The molecule has 1 saturated heterocycles. The van der Waals surface area contributed by atoms with Crippen LogP contribution in [0.4, 0.5) is 4.39 Å². The van der Waals surface area contributed by atoms with E-state index in [1.54, 1.807) is 0 Å². The Morgan fingerprint density at radius 1 is 1.05 bits per heavy atom. The predicted octanol–water partition coefficient (Wildman–Crippen LogP) is 4.37. The summed E-state index contributed by atoms with van der Waals surface area (Å²) in [5.41, 5.74) is 0.632. The van der Waals surface area contributed by atoms with Gasteiger partial charge in [-0.3, -0.25) is 0 Å². The van der Waals surface area contributed by atoms with Gasteiger partial charge in [0.15, 0.2) is 0 Å². The van der Waals surface area contributed by atoms with Gasteiger partial charge in [-0.2, -0.15) is 5.06 Å². The zero-order chi connectivity index (χ0) is 13.6. The van der Waals surface area contributed by atoms with Crippen LogP contribution in [0.1, 0.15) is 52.0 Å². The summed E-state index contributed by atoms with van der Waals surface area (Å²) in [4.78, 5) is 0. The molecule has 1 aliphatic heterocycles. The number of hydrogen-bond donors (Lipinski definition) is 1. The molecule has 19 heavy (non-hydrogen) atoms. The minimum Gasteiger partial charge on any atom is -0.313 e. The van der Waals surface area contributed by atoms with Crippen molar-refractivity contribution in [1.29, 1.82) is 0 Å². The van der Waals surface area contributed by atoms with Crippen molar-refractivity contribution in [3.05, 3.63) is 35.6 Å². The molecular weight excluding hydrogens is 265 g/mol. The normalized spacial score (nSPS) is 22.8. The van der Waals surface area contributed by atoms with E-state index in [0.29, 0.717) is 5.92 Å². The Labute approximate surface area is 121 Å². The Bertz CT molecular complexity index is 412. The molecule has 0 atom stereocenters. The Morgan fingerprint density at radius 3 is 1.89 bits per heavy atom. The molecule has 0 aromatic heterocycles. The minimum absolute atomic E-state index is 0. The molecule has 0 amide bonds. The van der Waals surface area contributed by atoms with Crippen LogP contribution in [0.2, 0.25) is 0 Å². The molecule has 1 aromatic carbocycles. The van der Waals surface area contributed by atoms with Crippen molar-refractivity contribution in [1.82, 2.24) is 5.06 Å². The highest BCUT2D eigenvalue weighted by Crippen LogP contribution is 2.44.